The molecule has 0 spiro atoms. The molecular formula is C68H78O13. The highest BCUT2D eigenvalue weighted by Crippen LogP contribution is 2.38. The summed E-state index contributed by atoms with van der Waals surface area (Å²) in [6.45, 7) is 13.5. The summed E-state index contributed by atoms with van der Waals surface area (Å²) in [7, 11) is 1.60. The highest BCUT2D eigenvalue weighted by molar-refractivity contribution is 5.91. The number of hydrogen-bond acceptors (Lipinski definition) is 13. The van der Waals surface area contributed by atoms with Gasteiger partial charge in [0.25, 0.3) is 0 Å². The molecule has 6 rings (SSSR count). The first-order chi connectivity index (χ1) is 39.0. The van der Waals surface area contributed by atoms with Crippen LogP contribution in [0.25, 0.3) is 0 Å². The van der Waals surface area contributed by atoms with Gasteiger partial charge in [-0.25, -0.2) is 24.0 Å². The lowest BCUT2D eigenvalue weighted by Gasteiger charge is -2.34. The summed E-state index contributed by atoms with van der Waals surface area (Å²) in [4.78, 5) is 67.0. The topological polar surface area (TPSA) is 173 Å². The van der Waals surface area contributed by atoms with Crippen LogP contribution < -0.4 is 0 Å². The molecule has 5 aromatic rings. The van der Waals surface area contributed by atoms with Gasteiger partial charge >= 0.3 is 29.8 Å². The van der Waals surface area contributed by atoms with Gasteiger partial charge in [0, 0.05) is 37.7 Å². The number of carbonyl (C=O) groups excluding carboxylic acids is 5. The maximum absolute atomic E-state index is 13.7. The highest BCUT2D eigenvalue weighted by Gasteiger charge is 2.54. The van der Waals surface area contributed by atoms with Crippen molar-refractivity contribution in [2.75, 3.05) is 13.7 Å². The molecule has 0 aromatic heterocycles. The lowest BCUT2D eigenvalue weighted by atomic mass is 9.83. The SMILES string of the molecule is CO[C@@H](C)[C@@H](C)[C@H](O)[C@H](C)[C@H](CC[C@H](C)[C@H](C/C=C/C=C/C[C@@H](OC(=O)c1ccccc1)[C@@H]1O[C@H]1[C@@H](OC(=O)c1ccccc1)[C@@H](C)/C=C(C)/C=C(\C)COC(=O)c1ccccc1)OC(=O)c1ccccc1)OC(=O)c1ccccc1. The average Bonchev–Trinajstić information content (AvgIpc) is 4.49. The molecule has 0 bridgehead atoms. The van der Waals surface area contributed by atoms with Crippen molar-refractivity contribution in [3.8, 4) is 0 Å². The summed E-state index contributed by atoms with van der Waals surface area (Å²) in [5.41, 5.74) is 3.67. The predicted octanol–water partition coefficient (Wildman–Crippen LogP) is 13.0. The molecule has 12 atom stereocenters. The Morgan fingerprint density at radius 2 is 0.963 bits per heavy atom. The molecule has 1 heterocycles. The summed E-state index contributed by atoms with van der Waals surface area (Å²) < 4.78 is 42.2. The van der Waals surface area contributed by atoms with Crippen LogP contribution in [-0.4, -0.2) is 97.5 Å². The van der Waals surface area contributed by atoms with Gasteiger partial charge in [0.15, 0.2) is 0 Å². The number of carbonyl (C=O) groups is 5. The van der Waals surface area contributed by atoms with Crippen LogP contribution in [0.4, 0.5) is 0 Å². The fourth-order valence-corrected chi connectivity index (χ4v) is 9.56. The second-order valence-corrected chi connectivity index (χ2v) is 21.0. The molecular weight excluding hydrogens is 1020 g/mol. The van der Waals surface area contributed by atoms with Crippen LogP contribution in [0.3, 0.4) is 0 Å². The predicted molar refractivity (Wildman–Crippen MR) is 311 cm³/mol. The number of benzene rings is 5. The summed E-state index contributed by atoms with van der Waals surface area (Å²) in [5.74, 6) is -3.76. The van der Waals surface area contributed by atoms with E-state index in [0.29, 0.717) is 47.1 Å². The van der Waals surface area contributed by atoms with Gasteiger partial charge in [-0.2, -0.15) is 0 Å². The molecule has 0 unspecified atom stereocenters. The van der Waals surface area contributed by atoms with Crippen molar-refractivity contribution < 1.29 is 62.2 Å². The first kappa shape index (κ1) is 62.5. The third-order valence-corrected chi connectivity index (χ3v) is 14.7. The molecule has 13 heteroatoms. The smallest absolute Gasteiger partial charge is 0.338 e. The molecule has 428 valence electrons. The summed E-state index contributed by atoms with van der Waals surface area (Å²) in [5, 5.41) is 11.5. The van der Waals surface area contributed by atoms with Gasteiger partial charge < -0.3 is 38.3 Å². The summed E-state index contributed by atoms with van der Waals surface area (Å²) in [6.07, 6.45) is 7.59. The molecule has 0 saturated carbocycles. The highest BCUT2D eigenvalue weighted by atomic mass is 16.7. The molecule has 5 aromatic carbocycles. The van der Waals surface area contributed by atoms with E-state index in [-0.39, 0.29) is 36.9 Å². The second kappa shape index (κ2) is 31.9. The zero-order valence-electron chi connectivity index (χ0n) is 47.7. The Morgan fingerprint density at radius 1 is 0.531 bits per heavy atom. The van der Waals surface area contributed by atoms with Crippen LogP contribution in [0.2, 0.25) is 0 Å². The van der Waals surface area contributed by atoms with Crippen molar-refractivity contribution in [1.29, 1.82) is 0 Å². The van der Waals surface area contributed by atoms with Gasteiger partial charge in [-0.3, -0.25) is 0 Å². The Labute approximate surface area is 477 Å². The van der Waals surface area contributed by atoms with E-state index in [0.717, 1.165) is 11.1 Å². The summed E-state index contributed by atoms with van der Waals surface area (Å²) >= 11 is 0. The van der Waals surface area contributed by atoms with Crippen molar-refractivity contribution in [3.05, 3.63) is 227 Å². The molecule has 0 amide bonds. The van der Waals surface area contributed by atoms with E-state index in [1.54, 1.807) is 128 Å². The molecule has 0 aliphatic carbocycles. The Balaban J connectivity index is 1.18. The van der Waals surface area contributed by atoms with Crippen molar-refractivity contribution in [3.63, 3.8) is 0 Å². The Hall–Kier alpha value is -7.71. The molecule has 1 saturated heterocycles. The van der Waals surface area contributed by atoms with Crippen LogP contribution >= 0.6 is 0 Å². The van der Waals surface area contributed by atoms with E-state index >= 15 is 0 Å². The molecule has 1 fully saturated rings. The van der Waals surface area contributed by atoms with Gasteiger partial charge in [0.05, 0.1) is 40.0 Å². The third kappa shape index (κ3) is 19.5. The van der Waals surface area contributed by atoms with E-state index < -0.39 is 78.5 Å². The number of aliphatic hydroxyl groups excluding tert-OH is 1. The van der Waals surface area contributed by atoms with Crippen molar-refractivity contribution in [2.24, 2.45) is 23.7 Å². The van der Waals surface area contributed by atoms with E-state index in [9.17, 15) is 29.1 Å². The van der Waals surface area contributed by atoms with Gasteiger partial charge in [-0.1, -0.05) is 161 Å². The van der Waals surface area contributed by atoms with E-state index in [4.69, 9.17) is 33.2 Å². The molecule has 1 N–H and O–H groups in total. The number of ether oxygens (including phenoxy) is 7. The van der Waals surface area contributed by atoms with Gasteiger partial charge in [-0.05, 0) is 106 Å². The largest absolute Gasteiger partial charge is 0.458 e. The second-order valence-electron chi connectivity index (χ2n) is 21.0. The number of methoxy groups -OCH3 is 1. The maximum Gasteiger partial charge on any atom is 0.338 e. The molecule has 0 radical (unpaired) electrons. The number of epoxide rings is 1. The monoisotopic (exact) mass is 1100 g/mol. The van der Waals surface area contributed by atoms with Gasteiger partial charge in [-0.15, -0.1) is 0 Å². The molecule has 81 heavy (non-hydrogen) atoms. The summed E-state index contributed by atoms with van der Waals surface area (Å²) in [6, 6.07) is 43.7. The van der Waals surface area contributed by atoms with Crippen LogP contribution in [-0.2, 0) is 33.2 Å². The Kier molecular flexibility index (Phi) is 24.6. The normalized spacial score (nSPS) is 18.2. The van der Waals surface area contributed by atoms with E-state index in [1.807, 2.05) is 115 Å². The van der Waals surface area contributed by atoms with Crippen LogP contribution in [0, 0.1) is 23.7 Å². The maximum atomic E-state index is 13.7. The number of esters is 5. The van der Waals surface area contributed by atoms with Crippen LogP contribution in [0.15, 0.2) is 199 Å². The third-order valence-electron chi connectivity index (χ3n) is 14.7. The molecule has 13 nitrogen and oxygen atoms in total. The van der Waals surface area contributed by atoms with Crippen molar-refractivity contribution in [2.45, 2.75) is 123 Å². The number of rotatable bonds is 30. The van der Waals surface area contributed by atoms with Crippen LogP contribution in [0.1, 0.15) is 126 Å². The van der Waals surface area contributed by atoms with E-state index in [2.05, 4.69) is 0 Å². The average molecular weight is 1100 g/mol. The minimum absolute atomic E-state index is 0.0868. The quantitative estimate of drug-likeness (QED) is 0.0199. The van der Waals surface area contributed by atoms with Crippen LogP contribution in [0.5, 0.6) is 0 Å². The minimum atomic E-state index is -0.845. The zero-order chi connectivity index (χ0) is 58.3. The lowest BCUT2D eigenvalue weighted by Crippen LogP contribution is -2.41. The Bertz CT molecular complexity index is 2890. The first-order valence-corrected chi connectivity index (χ1v) is 27.8. The van der Waals surface area contributed by atoms with E-state index in [1.165, 1.54) is 0 Å². The first-order valence-electron chi connectivity index (χ1n) is 27.8. The zero-order valence-corrected chi connectivity index (χ0v) is 47.7. The number of aliphatic hydroxyl groups is 1. The Morgan fingerprint density at radius 3 is 1.44 bits per heavy atom. The standard InChI is InChI=1S/C68H78O13/c1-45(42-46(2)44-76-64(70)52-28-16-11-17-29-52)43-48(4)61(81-68(74)56-36-24-15-25-37-56)63-62(80-63)59(79-67(73)55-34-22-14-23-35-55)39-27-10-9-26-38-57(77-65(71)53-30-18-12-19-31-53)47(3)40-41-58(50(6)60(69)49(5)51(7)75-8)78-66(72)54-32-20-13-21-33-54/h9-37,42-43,47-51,57-63,69H,38-41,44H2,1-8H3/b26-9+,27-10+,45-43+,46-42+/t47-,48-,49+,50+,51-,57-,58-,59+,60-,61-,62-,63-/m0/s1. The minimum Gasteiger partial charge on any atom is -0.458 e. The van der Waals surface area contributed by atoms with Crippen molar-refractivity contribution >= 4 is 29.8 Å². The fourth-order valence-electron chi connectivity index (χ4n) is 9.56. The fraction of sp³-hybridized carbons (Fsp3) is 0.368. The lowest BCUT2D eigenvalue weighted by molar-refractivity contribution is -0.0617. The number of hydrogen-bond donors (Lipinski definition) is 1. The molecule has 1 aliphatic heterocycles. The number of allylic oxidation sites excluding steroid dienone is 4. The molecule has 1 aliphatic rings. The van der Waals surface area contributed by atoms with Gasteiger partial charge in [0.1, 0.15) is 43.2 Å². The van der Waals surface area contributed by atoms with Crippen molar-refractivity contribution in [1.82, 2.24) is 0 Å². The van der Waals surface area contributed by atoms with Gasteiger partial charge in [0.2, 0.25) is 0 Å².